The van der Waals surface area contributed by atoms with Gasteiger partial charge in [-0.2, -0.15) is 0 Å². The fraction of sp³-hybridized carbons (Fsp3) is 0.600. The van der Waals surface area contributed by atoms with Crippen LogP contribution in [0.4, 0.5) is 5.82 Å². The molecule has 5 nitrogen and oxygen atoms in total. The van der Waals surface area contributed by atoms with Gasteiger partial charge in [-0.1, -0.05) is 19.9 Å². The molecule has 0 unspecified atom stereocenters. The third-order valence-corrected chi connectivity index (χ3v) is 3.77. The normalized spacial score (nSPS) is 16.6. The number of nitrogens with one attached hydrogen (secondary N) is 1. The van der Waals surface area contributed by atoms with E-state index in [0.717, 1.165) is 38.3 Å². The van der Waals surface area contributed by atoms with E-state index >= 15 is 0 Å². The summed E-state index contributed by atoms with van der Waals surface area (Å²) in [5.41, 5.74) is 6.59. The molecule has 0 bridgehead atoms. The van der Waals surface area contributed by atoms with Gasteiger partial charge in [0.15, 0.2) is 0 Å². The number of pyridine rings is 1. The van der Waals surface area contributed by atoms with Crippen LogP contribution in [0.3, 0.4) is 0 Å². The largest absolute Gasteiger partial charge is 0.369 e. The number of carbonyl (C=O) groups excluding carboxylic acids is 1. The van der Waals surface area contributed by atoms with Crippen LogP contribution in [-0.2, 0) is 11.3 Å². The molecule has 0 radical (unpaired) electrons. The smallest absolute Gasteiger partial charge is 0.220 e. The van der Waals surface area contributed by atoms with Crippen LogP contribution in [0.25, 0.3) is 0 Å². The summed E-state index contributed by atoms with van der Waals surface area (Å²) in [6.45, 7) is 6.78. The highest BCUT2D eigenvalue weighted by molar-refractivity contribution is 5.77. The van der Waals surface area contributed by atoms with E-state index in [0.29, 0.717) is 6.04 Å². The van der Waals surface area contributed by atoms with Crippen LogP contribution in [0, 0.1) is 5.92 Å². The SMILES string of the molecule is CC(C)NCc1cccnc1N1CCC(C(N)=O)CC1. The zero-order valence-corrected chi connectivity index (χ0v) is 12.3. The highest BCUT2D eigenvalue weighted by Crippen LogP contribution is 2.24. The third-order valence-electron chi connectivity index (χ3n) is 3.77. The van der Waals surface area contributed by atoms with Crippen LogP contribution in [-0.4, -0.2) is 30.0 Å². The molecule has 0 aliphatic carbocycles. The Morgan fingerprint density at radius 1 is 1.50 bits per heavy atom. The van der Waals surface area contributed by atoms with Crippen molar-refractivity contribution >= 4 is 11.7 Å². The van der Waals surface area contributed by atoms with Gasteiger partial charge in [0.2, 0.25) is 5.91 Å². The molecule has 1 amide bonds. The minimum absolute atomic E-state index is 0.0206. The first kappa shape index (κ1) is 14.8. The maximum Gasteiger partial charge on any atom is 0.220 e. The molecule has 0 atom stereocenters. The molecule has 2 heterocycles. The Balaban J connectivity index is 2.04. The number of nitrogens with two attached hydrogens (primary N) is 1. The molecule has 1 aromatic heterocycles. The third kappa shape index (κ3) is 3.70. The van der Waals surface area contributed by atoms with E-state index in [9.17, 15) is 4.79 Å². The second kappa shape index (κ2) is 6.70. The minimum atomic E-state index is -0.174. The summed E-state index contributed by atoms with van der Waals surface area (Å²) in [6.07, 6.45) is 3.47. The van der Waals surface area contributed by atoms with Gasteiger partial charge in [0.25, 0.3) is 0 Å². The molecular weight excluding hydrogens is 252 g/mol. The van der Waals surface area contributed by atoms with Crippen LogP contribution < -0.4 is 16.0 Å². The van der Waals surface area contributed by atoms with Crippen molar-refractivity contribution in [1.29, 1.82) is 0 Å². The molecule has 0 spiro atoms. The first-order valence-electron chi connectivity index (χ1n) is 7.29. The summed E-state index contributed by atoms with van der Waals surface area (Å²) in [7, 11) is 0. The topological polar surface area (TPSA) is 71.2 Å². The van der Waals surface area contributed by atoms with E-state index in [1.54, 1.807) is 0 Å². The van der Waals surface area contributed by atoms with Gasteiger partial charge in [0.1, 0.15) is 5.82 Å². The zero-order chi connectivity index (χ0) is 14.5. The number of aromatic nitrogens is 1. The molecule has 1 aromatic rings. The monoisotopic (exact) mass is 276 g/mol. The molecule has 5 heteroatoms. The molecule has 110 valence electrons. The predicted molar refractivity (Wildman–Crippen MR) is 80.3 cm³/mol. The lowest BCUT2D eigenvalue weighted by atomic mass is 9.96. The Morgan fingerprint density at radius 2 is 2.20 bits per heavy atom. The van der Waals surface area contributed by atoms with Crippen LogP contribution in [0.5, 0.6) is 0 Å². The van der Waals surface area contributed by atoms with Crippen molar-refractivity contribution in [1.82, 2.24) is 10.3 Å². The zero-order valence-electron chi connectivity index (χ0n) is 12.3. The summed E-state index contributed by atoms with van der Waals surface area (Å²) in [5, 5.41) is 3.43. The van der Waals surface area contributed by atoms with Gasteiger partial charge in [-0.15, -0.1) is 0 Å². The Kier molecular flexibility index (Phi) is 4.95. The number of amides is 1. The summed E-state index contributed by atoms with van der Waals surface area (Å²) >= 11 is 0. The van der Waals surface area contributed by atoms with Crippen LogP contribution >= 0.6 is 0 Å². The molecule has 1 aliphatic heterocycles. The van der Waals surface area contributed by atoms with Gasteiger partial charge in [-0.25, -0.2) is 4.98 Å². The van der Waals surface area contributed by atoms with Gasteiger partial charge in [0, 0.05) is 43.4 Å². The maximum atomic E-state index is 11.2. The van der Waals surface area contributed by atoms with Crippen molar-refractivity contribution in [2.45, 2.75) is 39.3 Å². The molecule has 1 aliphatic rings. The average Bonchev–Trinajstić information content (AvgIpc) is 2.45. The van der Waals surface area contributed by atoms with E-state index in [4.69, 9.17) is 5.73 Å². The van der Waals surface area contributed by atoms with Crippen molar-refractivity contribution in [3.8, 4) is 0 Å². The Labute approximate surface area is 120 Å². The quantitative estimate of drug-likeness (QED) is 0.850. The fourth-order valence-electron chi connectivity index (χ4n) is 2.54. The van der Waals surface area contributed by atoms with E-state index < -0.39 is 0 Å². The number of primary amides is 1. The number of anilines is 1. The fourth-order valence-corrected chi connectivity index (χ4v) is 2.54. The standard InChI is InChI=1S/C15H24N4O/c1-11(2)18-10-13-4-3-7-17-15(13)19-8-5-12(6-9-19)14(16)20/h3-4,7,11-12,18H,5-6,8-10H2,1-2H3,(H2,16,20). The molecule has 0 aromatic carbocycles. The predicted octanol–water partition coefficient (Wildman–Crippen LogP) is 1.28. The van der Waals surface area contributed by atoms with Crippen molar-refractivity contribution in [3.05, 3.63) is 23.9 Å². The van der Waals surface area contributed by atoms with Crippen molar-refractivity contribution in [3.63, 3.8) is 0 Å². The van der Waals surface area contributed by atoms with Gasteiger partial charge in [-0.3, -0.25) is 4.79 Å². The molecular formula is C15H24N4O. The summed E-state index contributed by atoms with van der Waals surface area (Å²) < 4.78 is 0. The number of hydrogen-bond donors (Lipinski definition) is 2. The Hall–Kier alpha value is -1.62. The molecule has 0 saturated carbocycles. The molecule has 3 N–H and O–H groups in total. The molecule has 2 rings (SSSR count). The Bertz CT molecular complexity index is 453. The summed E-state index contributed by atoms with van der Waals surface area (Å²) in [6, 6.07) is 4.53. The van der Waals surface area contributed by atoms with E-state index in [2.05, 4.69) is 35.1 Å². The number of hydrogen-bond acceptors (Lipinski definition) is 4. The number of carbonyl (C=O) groups is 1. The lowest BCUT2D eigenvalue weighted by Crippen LogP contribution is -2.39. The van der Waals surface area contributed by atoms with E-state index in [-0.39, 0.29) is 11.8 Å². The number of rotatable bonds is 5. The highest BCUT2D eigenvalue weighted by atomic mass is 16.1. The number of piperidine rings is 1. The van der Waals surface area contributed by atoms with Crippen LogP contribution in [0.2, 0.25) is 0 Å². The highest BCUT2D eigenvalue weighted by Gasteiger charge is 2.24. The van der Waals surface area contributed by atoms with Gasteiger partial charge in [-0.05, 0) is 18.9 Å². The van der Waals surface area contributed by atoms with E-state index in [1.807, 2.05) is 12.3 Å². The van der Waals surface area contributed by atoms with Crippen molar-refractivity contribution in [2.75, 3.05) is 18.0 Å². The summed E-state index contributed by atoms with van der Waals surface area (Å²) in [4.78, 5) is 18.0. The second-order valence-corrected chi connectivity index (χ2v) is 5.69. The van der Waals surface area contributed by atoms with Crippen LogP contribution in [0.15, 0.2) is 18.3 Å². The van der Waals surface area contributed by atoms with Gasteiger partial charge < -0.3 is 16.0 Å². The molecule has 20 heavy (non-hydrogen) atoms. The van der Waals surface area contributed by atoms with Crippen molar-refractivity contribution in [2.24, 2.45) is 11.7 Å². The van der Waals surface area contributed by atoms with Gasteiger partial charge >= 0.3 is 0 Å². The average molecular weight is 276 g/mol. The number of nitrogens with zero attached hydrogens (tertiary/aromatic N) is 2. The first-order chi connectivity index (χ1) is 9.58. The Morgan fingerprint density at radius 3 is 2.80 bits per heavy atom. The summed E-state index contributed by atoms with van der Waals surface area (Å²) in [5.74, 6) is 0.878. The lowest BCUT2D eigenvalue weighted by molar-refractivity contribution is -0.122. The lowest BCUT2D eigenvalue weighted by Gasteiger charge is -2.32. The minimum Gasteiger partial charge on any atom is -0.369 e. The second-order valence-electron chi connectivity index (χ2n) is 5.69. The van der Waals surface area contributed by atoms with Crippen molar-refractivity contribution < 1.29 is 4.79 Å². The molecule has 1 saturated heterocycles. The van der Waals surface area contributed by atoms with Crippen LogP contribution in [0.1, 0.15) is 32.3 Å². The maximum absolute atomic E-state index is 11.2. The van der Waals surface area contributed by atoms with E-state index in [1.165, 1.54) is 5.56 Å². The van der Waals surface area contributed by atoms with Gasteiger partial charge in [0.05, 0.1) is 0 Å². The molecule has 1 fully saturated rings. The first-order valence-corrected chi connectivity index (χ1v) is 7.29.